The molecule has 2 amide bonds. The maximum atomic E-state index is 12.3. The zero-order chi connectivity index (χ0) is 16.4. The van der Waals surface area contributed by atoms with Crippen LogP contribution in [0.25, 0.3) is 0 Å². The zero-order valence-corrected chi connectivity index (χ0v) is 14.5. The Morgan fingerprint density at radius 1 is 1.30 bits per heavy atom. The number of amides is 2. The molecule has 1 aromatic heterocycles. The van der Waals surface area contributed by atoms with E-state index in [1.807, 2.05) is 44.2 Å². The first-order chi connectivity index (χ1) is 10.9. The van der Waals surface area contributed by atoms with Crippen molar-refractivity contribution in [2.45, 2.75) is 45.4 Å². The van der Waals surface area contributed by atoms with Crippen LogP contribution in [0.15, 0.2) is 36.4 Å². The summed E-state index contributed by atoms with van der Waals surface area (Å²) in [6.07, 6.45) is 0.746. The van der Waals surface area contributed by atoms with Gasteiger partial charge in [-0.1, -0.05) is 18.2 Å². The molecule has 0 aliphatic carbocycles. The third kappa shape index (κ3) is 3.85. The molecule has 1 aliphatic heterocycles. The Morgan fingerprint density at radius 3 is 2.83 bits per heavy atom. The molecule has 0 bridgehead atoms. The fraction of sp³-hybridized carbons (Fsp3) is 0.389. The number of fused-ring (bicyclic) bond motifs is 1. The molecule has 0 fully saturated rings. The van der Waals surface area contributed by atoms with Gasteiger partial charge in [-0.3, -0.25) is 0 Å². The van der Waals surface area contributed by atoms with Gasteiger partial charge in [0, 0.05) is 21.7 Å². The summed E-state index contributed by atoms with van der Waals surface area (Å²) in [6.45, 7) is 6.71. The second-order valence-corrected chi connectivity index (χ2v) is 7.87. The van der Waals surface area contributed by atoms with E-state index in [1.165, 1.54) is 4.88 Å². The van der Waals surface area contributed by atoms with Crippen LogP contribution in [0.4, 0.5) is 4.79 Å². The molecule has 1 aromatic carbocycles. The number of carbonyl (C=O) groups excluding carboxylic acids is 1. The summed E-state index contributed by atoms with van der Waals surface area (Å²) in [4.78, 5) is 14.7. The Kier molecular flexibility index (Phi) is 4.31. The normalized spacial score (nSPS) is 18.7. The van der Waals surface area contributed by atoms with Crippen LogP contribution in [0.3, 0.4) is 0 Å². The Hall–Kier alpha value is -2.01. The van der Waals surface area contributed by atoms with E-state index in [1.54, 1.807) is 11.3 Å². The van der Waals surface area contributed by atoms with Gasteiger partial charge in [0.2, 0.25) is 0 Å². The van der Waals surface area contributed by atoms with Gasteiger partial charge in [-0.25, -0.2) is 4.79 Å². The van der Waals surface area contributed by atoms with Gasteiger partial charge >= 0.3 is 6.03 Å². The number of para-hydroxylation sites is 1. The van der Waals surface area contributed by atoms with E-state index in [-0.39, 0.29) is 17.7 Å². The van der Waals surface area contributed by atoms with Gasteiger partial charge < -0.3 is 15.4 Å². The van der Waals surface area contributed by atoms with E-state index >= 15 is 0 Å². The van der Waals surface area contributed by atoms with Gasteiger partial charge in [0.15, 0.2) is 0 Å². The molecule has 1 aliphatic rings. The highest BCUT2D eigenvalue weighted by atomic mass is 32.1. The highest BCUT2D eigenvalue weighted by Crippen LogP contribution is 2.39. The number of ether oxygens (including phenoxy) is 1. The summed E-state index contributed by atoms with van der Waals surface area (Å²) < 4.78 is 5.99. The number of hydrogen-bond donors (Lipinski definition) is 2. The van der Waals surface area contributed by atoms with Crippen molar-refractivity contribution in [1.29, 1.82) is 0 Å². The topological polar surface area (TPSA) is 50.4 Å². The number of carbonyl (C=O) groups is 1. The minimum Gasteiger partial charge on any atom is -0.487 e. The van der Waals surface area contributed by atoms with Crippen molar-refractivity contribution >= 4 is 17.4 Å². The SMILES string of the molecule is Cc1ccc(CNC(=O)NC2CC(C)(C)Oc3ccccc32)s1. The largest absolute Gasteiger partial charge is 0.487 e. The van der Waals surface area contributed by atoms with E-state index in [4.69, 9.17) is 4.74 Å². The second-order valence-electron chi connectivity index (χ2n) is 6.50. The number of urea groups is 1. The minimum absolute atomic E-state index is 0.0416. The second kappa shape index (κ2) is 6.24. The summed E-state index contributed by atoms with van der Waals surface area (Å²) in [5, 5.41) is 6.02. The fourth-order valence-corrected chi connectivity index (χ4v) is 3.72. The first kappa shape index (κ1) is 15.9. The number of nitrogens with one attached hydrogen (secondary N) is 2. The van der Waals surface area contributed by atoms with Crippen LogP contribution in [-0.4, -0.2) is 11.6 Å². The van der Waals surface area contributed by atoms with Gasteiger partial charge in [-0.15, -0.1) is 11.3 Å². The molecule has 23 heavy (non-hydrogen) atoms. The number of aryl methyl sites for hydroxylation is 1. The third-order valence-corrected chi connectivity index (χ3v) is 4.90. The molecular formula is C18H22N2O2S. The van der Waals surface area contributed by atoms with Crippen LogP contribution in [0.1, 0.15) is 41.6 Å². The van der Waals surface area contributed by atoms with Crippen molar-refractivity contribution in [3.63, 3.8) is 0 Å². The van der Waals surface area contributed by atoms with Gasteiger partial charge in [-0.2, -0.15) is 0 Å². The monoisotopic (exact) mass is 330 g/mol. The van der Waals surface area contributed by atoms with Crippen molar-refractivity contribution in [1.82, 2.24) is 10.6 Å². The van der Waals surface area contributed by atoms with Crippen molar-refractivity contribution in [3.05, 3.63) is 51.7 Å². The van der Waals surface area contributed by atoms with Crippen molar-refractivity contribution in [2.75, 3.05) is 0 Å². The predicted molar refractivity (Wildman–Crippen MR) is 92.9 cm³/mol. The van der Waals surface area contributed by atoms with Crippen LogP contribution >= 0.6 is 11.3 Å². The number of hydrogen-bond acceptors (Lipinski definition) is 3. The molecule has 0 saturated carbocycles. The summed E-state index contributed by atoms with van der Waals surface area (Å²) in [6, 6.07) is 11.8. The van der Waals surface area contributed by atoms with Crippen molar-refractivity contribution < 1.29 is 9.53 Å². The first-order valence-electron chi connectivity index (χ1n) is 7.80. The van der Waals surface area contributed by atoms with E-state index in [0.29, 0.717) is 6.54 Å². The first-order valence-corrected chi connectivity index (χ1v) is 8.62. The molecule has 0 radical (unpaired) electrons. The molecule has 122 valence electrons. The molecule has 0 saturated heterocycles. The van der Waals surface area contributed by atoms with E-state index in [2.05, 4.69) is 23.6 Å². The Bertz CT molecular complexity index is 709. The van der Waals surface area contributed by atoms with E-state index in [9.17, 15) is 4.79 Å². The lowest BCUT2D eigenvalue weighted by Crippen LogP contribution is -2.44. The lowest BCUT2D eigenvalue weighted by atomic mass is 9.90. The zero-order valence-electron chi connectivity index (χ0n) is 13.7. The fourth-order valence-electron chi connectivity index (χ4n) is 2.89. The van der Waals surface area contributed by atoms with Crippen molar-refractivity contribution in [2.24, 2.45) is 0 Å². The summed E-state index contributed by atoms with van der Waals surface area (Å²) in [7, 11) is 0. The molecule has 1 unspecified atom stereocenters. The van der Waals surface area contributed by atoms with Gasteiger partial charge in [0.1, 0.15) is 11.4 Å². The quantitative estimate of drug-likeness (QED) is 0.888. The van der Waals surface area contributed by atoms with Crippen LogP contribution < -0.4 is 15.4 Å². The molecule has 1 atom stereocenters. The molecule has 4 nitrogen and oxygen atoms in total. The Balaban J connectivity index is 1.65. The summed E-state index contributed by atoms with van der Waals surface area (Å²) in [5.41, 5.74) is 0.742. The van der Waals surface area contributed by atoms with E-state index < -0.39 is 0 Å². The molecular weight excluding hydrogens is 308 g/mol. The van der Waals surface area contributed by atoms with Crippen LogP contribution in [0.5, 0.6) is 5.75 Å². The lowest BCUT2D eigenvalue weighted by Gasteiger charge is -2.37. The summed E-state index contributed by atoms with van der Waals surface area (Å²) >= 11 is 1.70. The van der Waals surface area contributed by atoms with Gasteiger partial charge in [0.05, 0.1) is 12.6 Å². The Labute approximate surface area is 140 Å². The molecule has 2 N–H and O–H groups in total. The average molecular weight is 330 g/mol. The lowest BCUT2D eigenvalue weighted by molar-refractivity contribution is 0.0679. The van der Waals surface area contributed by atoms with Gasteiger partial charge in [-0.05, 0) is 39.0 Å². The highest BCUT2D eigenvalue weighted by Gasteiger charge is 2.34. The highest BCUT2D eigenvalue weighted by molar-refractivity contribution is 7.11. The Morgan fingerprint density at radius 2 is 2.09 bits per heavy atom. The molecule has 5 heteroatoms. The van der Waals surface area contributed by atoms with Crippen LogP contribution in [-0.2, 0) is 6.54 Å². The molecule has 0 spiro atoms. The minimum atomic E-state index is -0.294. The average Bonchev–Trinajstić information content (AvgIpc) is 2.90. The molecule has 2 heterocycles. The van der Waals surface area contributed by atoms with Crippen molar-refractivity contribution in [3.8, 4) is 5.75 Å². The maximum Gasteiger partial charge on any atom is 0.315 e. The predicted octanol–water partition coefficient (Wildman–Crippen LogP) is 4.16. The van der Waals surface area contributed by atoms with Crippen LogP contribution in [0, 0.1) is 6.92 Å². The van der Waals surface area contributed by atoms with E-state index in [0.717, 1.165) is 22.6 Å². The standard InChI is InChI=1S/C18H22N2O2S/c1-12-8-9-13(23-12)11-19-17(21)20-15-10-18(2,3)22-16-7-5-4-6-14(15)16/h4-9,15H,10-11H2,1-3H3,(H2,19,20,21). The summed E-state index contributed by atoms with van der Waals surface area (Å²) in [5.74, 6) is 0.850. The van der Waals surface area contributed by atoms with Crippen LogP contribution in [0.2, 0.25) is 0 Å². The number of rotatable bonds is 3. The smallest absolute Gasteiger partial charge is 0.315 e. The third-order valence-electron chi connectivity index (χ3n) is 3.90. The van der Waals surface area contributed by atoms with Gasteiger partial charge in [0.25, 0.3) is 0 Å². The number of thiophene rings is 1. The molecule has 2 aromatic rings. The maximum absolute atomic E-state index is 12.3. The molecule has 3 rings (SSSR count). The number of benzene rings is 1.